The lowest BCUT2D eigenvalue weighted by molar-refractivity contribution is 0.0376. The summed E-state index contributed by atoms with van der Waals surface area (Å²) in [6.45, 7) is 11.7. The van der Waals surface area contributed by atoms with E-state index in [-0.39, 0.29) is 24.0 Å². The number of hydrogen-bond acceptors (Lipinski definition) is 3. The SMILES string of the molecule is Cc1[nH]c(C(=O)N[C@@H]2CC[C@H](C)C[C@@H]2C)c(C)c1C(=O)OC(C)C. The van der Waals surface area contributed by atoms with Crippen molar-refractivity contribution >= 4 is 11.9 Å². The highest BCUT2D eigenvalue weighted by atomic mass is 16.5. The molecule has 24 heavy (non-hydrogen) atoms. The number of carbonyl (C=O) groups excluding carboxylic acids is 2. The molecule has 0 saturated heterocycles. The van der Waals surface area contributed by atoms with E-state index in [4.69, 9.17) is 4.74 Å². The van der Waals surface area contributed by atoms with Gasteiger partial charge in [-0.25, -0.2) is 4.79 Å². The standard InChI is InChI=1S/C19H30N2O3/c1-10(2)24-19(23)16-13(5)17(20-14(16)6)18(22)21-15-8-7-11(3)9-12(15)4/h10-12,15,20H,7-9H2,1-6H3,(H,21,22)/t11-,12-,15+/m0/s1. The summed E-state index contributed by atoms with van der Waals surface area (Å²) in [6, 6.07) is 0.197. The second kappa shape index (κ2) is 7.41. The molecule has 0 unspecified atom stereocenters. The summed E-state index contributed by atoms with van der Waals surface area (Å²) in [6.07, 6.45) is 3.10. The van der Waals surface area contributed by atoms with Crippen molar-refractivity contribution in [1.82, 2.24) is 10.3 Å². The van der Waals surface area contributed by atoms with Gasteiger partial charge in [0.2, 0.25) is 0 Å². The number of rotatable bonds is 4. The lowest BCUT2D eigenvalue weighted by Gasteiger charge is -2.33. The van der Waals surface area contributed by atoms with Crippen molar-refractivity contribution in [2.24, 2.45) is 11.8 Å². The average molecular weight is 334 g/mol. The van der Waals surface area contributed by atoms with Crippen molar-refractivity contribution in [3.63, 3.8) is 0 Å². The van der Waals surface area contributed by atoms with E-state index < -0.39 is 0 Å². The maximum Gasteiger partial charge on any atom is 0.340 e. The van der Waals surface area contributed by atoms with Gasteiger partial charge in [-0.05, 0) is 64.4 Å². The third-order valence-corrected chi connectivity index (χ3v) is 4.96. The Morgan fingerprint density at radius 3 is 2.46 bits per heavy atom. The van der Waals surface area contributed by atoms with E-state index in [1.54, 1.807) is 13.8 Å². The number of ether oxygens (including phenoxy) is 1. The van der Waals surface area contributed by atoms with Gasteiger partial charge in [0.1, 0.15) is 5.69 Å². The summed E-state index contributed by atoms with van der Waals surface area (Å²) in [7, 11) is 0. The number of nitrogens with one attached hydrogen (secondary N) is 2. The fourth-order valence-electron chi connectivity index (χ4n) is 3.68. The Labute approximate surface area is 144 Å². The Bertz CT molecular complexity index is 618. The Hall–Kier alpha value is -1.78. The molecule has 134 valence electrons. The van der Waals surface area contributed by atoms with Crippen LogP contribution in [0.5, 0.6) is 0 Å². The average Bonchev–Trinajstić information content (AvgIpc) is 2.76. The first-order valence-electron chi connectivity index (χ1n) is 8.91. The molecule has 2 rings (SSSR count). The zero-order valence-electron chi connectivity index (χ0n) is 15.7. The normalized spacial score (nSPS) is 24.0. The highest BCUT2D eigenvalue weighted by Crippen LogP contribution is 2.29. The van der Waals surface area contributed by atoms with E-state index in [2.05, 4.69) is 24.1 Å². The topological polar surface area (TPSA) is 71.2 Å². The van der Waals surface area contributed by atoms with E-state index in [0.717, 1.165) is 25.2 Å². The highest BCUT2D eigenvalue weighted by molar-refractivity contribution is 6.00. The fraction of sp³-hybridized carbons (Fsp3) is 0.684. The van der Waals surface area contributed by atoms with Gasteiger partial charge in [0.15, 0.2) is 0 Å². The van der Waals surface area contributed by atoms with Gasteiger partial charge < -0.3 is 15.0 Å². The van der Waals surface area contributed by atoms with Gasteiger partial charge in [-0.15, -0.1) is 0 Å². The first-order valence-corrected chi connectivity index (χ1v) is 8.91. The first-order chi connectivity index (χ1) is 11.2. The van der Waals surface area contributed by atoms with E-state index >= 15 is 0 Å². The summed E-state index contributed by atoms with van der Waals surface area (Å²) >= 11 is 0. The molecular formula is C19H30N2O3. The monoisotopic (exact) mass is 334 g/mol. The summed E-state index contributed by atoms with van der Waals surface area (Å²) in [5.74, 6) is 0.681. The van der Waals surface area contributed by atoms with Crippen LogP contribution in [0.2, 0.25) is 0 Å². The second-order valence-corrected chi connectivity index (χ2v) is 7.55. The summed E-state index contributed by atoms with van der Waals surface area (Å²) in [5.41, 5.74) is 2.27. The molecule has 0 aromatic carbocycles. The number of aryl methyl sites for hydroxylation is 1. The largest absolute Gasteiger partial charge is 0.459 e. The fourth-order valence-corrected chi connectivity index (χ4v) is 3.68. The smallest absolute Gasteiger partial charge is 0.340 e. The Balaban J connectivity index is 2.14. The molecule has 2 N–H and O–H groups in total. The maximum atomic E-state index is 12.7. The van der Waals surface area contributed by atoms with Gasteiger partial charge in [-0.2, -0.15) is 0 Å². The number of H-pyrrole nitrogens is 1. The van der Waals surface area contributed by atoms with Crippen LogP contribution in [0.4, 0.5) is 0 Å². The predicted octanol–water partition coefficient (Wildman–Crippen LogP) is 3.75. The van der Waals surface area contributed by atoms with Gasteiger partial charge in [-0.3, -0.25) is 4.79 Å². The van der Waals surface area contributed by atoms with Crippen LogP contribution in [0.25, 0.3) is 0 Å². The van der Waals surface area contributed by atoms with Crippen molar-refractivity contribution in [3.8, 4) is 0 Å². The molecule has 1 aliphatic carbocycles. The van der Waals surface area contributed by atoms with Crippen molar-refractivity contribution in [1.29, 1.82) is 0 Å². The highest BCUT2D eigenvalue weighted by Gasteiger charge is 2.29. The maximum absolute atomic E-state index is 12.7. The minimum Gasteiger partial charge on any atom is -0.459 e. The second-order valence-electron chi connectivity index (χ2n) is 7.55. The Morgan fingerprint density at radius 2 is 1.88 bits per heavy atom. The number of amides is 1. The minimum atomic E-state index is -0.379. The van der Waals surface area contributed by atoms with Crippen molar-refractivity contribution in [2.45, 2.75) is 73.0 Å². The zero-order valence-corrected chi connectivity index (χ0v) is 15.7. The molecule has 0 aliphatic heterocycles. The van der Waals surface area contributed by atoms with Gasteiger partial charge in [-0.1, -0.05) is 13.8 Å². The van der Waals surface area contributed by atoms with Crippen molar-refractivity contribution < 1.29 is 14.3 Å². The quantitative estimate of drug-likeness (QED) is 0.824. The Kier molecular flexibility index (Phi) is 5.73. The summed E-state index contributed by atoms with van der Waals surface area (Å²) < 4.78 is 5.28. The minimum absolute atomic E-state index is 0.134. The molecule has 1 fully saturated rings. The van der Waals surface area contributed by atoms with Gasteiger partial charge in [0, 0.05) is 11.7 Å². The third kappa shape index (κ3) is 4.00. The third-order valence-electron chi connectivity index (χ3n) is 4.96. The number of carbonyl (C=O) groups is 2. The van der Waals surface area contributed by atoms with E-state index in [1.807, 2.05) is 13.8 Å². The number of hydrogen-bond donors (Lipinski definition) is 2. The van der Waals surface area contributed by atoms with Crippen LogP contribution in [0.15, 0.2) is 0 Å². The van der Waals surface area contributed by atoms with Crippen LogP contribution in [-0.2, 0) is 4.74 Å². The van der Waals surface area contributed by atoms with Crippen LogP contribution in [0, 0.1) is 25.7 Å². The summed E-state index contributed by atoms with van der Waals surface area (Å²) in [5, 5.41) is 3.14. The molecule has 1 heterocycles. The van der Waals surface area contributed by atoms with E-state index in [0.29, 0.717) is 28.4 Å². The number of esters is 1. The molecule has 5 heteroatoms. The number of aromatic amines is 1. The molecule has 1 aromatic rings. The lowest BCUT2D eigenvalue weighted by atomic mass is 9.80. The predicted molar refractivity (Wildman–Crippen MR) is 94.3 cm³/mol. The van der Waals surface area contributed by atoms with Gasteiger partial charge in [0.05, 0.1) is 11.7 Å². The molecule has 0 spiro atoms. The van der Waals surface area contributed by atoms with E-state index in [1.165, 1.54) is 0 Å². The lowest BCUT2D eigenvalue weighted by Crippen LogP contribution is -2.42. The van der Waals surface area contributed by atoms with Crippen LogP contribution in [0.1, 0.15) is 79.1 Å². The molecule has 3 atom stereocenters. The van der Waals surface area contributed by atoms with Gasteiger partial charge in [0.25, 0.3) is 5.91 Å². The molecule has 0 radical (unpaired) electrons. The van der Waals surface area contributed by atoms with Crippen LogP contribution in [0.3, 0.4) is 0 Å². The molecule has 1 amide bonds. The Morgan fingerprint density at radius 1 is 1.21 bits per heavy atom. The van der Waals surface area contributed by atoms with Crippen molar-refractivity contribution in [3.05, 3.63) is 22.5 Å². The molecule has 1 aromatic heterocycles. The van der Waals surface area contributed by atoms with Crippen LogP contribution < -0.4 is 5.32 Å². The molecule has 0 bridgehead atoms. The van der Waals surface area contributed by atoms with Crippen LogP contribution >= 0.6 is 0 Å². The summed E-state index contributed by atoms with van der Waals surface area (Å²) in [4.78, 5) is 28.0. The number of aromatic nitrogens is 1. The molecule has 1 aliphatic rings. The van der Waals surface area contributed by atoms with Crippen LogP contribution in [-0.4, -0.2) is 29.0 Å². The molecular weight excluding hydrogens is 304 g/mol. The first kappa shape index (κ1) is 18.6. The van der Waals surface area contributed by atoms with E-state index in [9.17, 15) is 9.59 Å². The molecule has 1 saturated carbocycles. The van der Waals surface area contributed by atoms with Crippen molar-refractivity contribution in [2.75, 3.05) is 0 Å². The molecule has 5 nitrogen and oxygen atoms in total. The zero-order chi connectivity index (χ0) is 18.0. The van der Waals surface area contributed by atoms with Gasteiger partial charge >= 0.3 is 5.97 Å².